The second kappa shape index (κ2) is 7.59. The number of hydrogen-bond acceptors (Lipinski definition) is 3. The van der Waals surface area contributed by atoms with E-state index < -0.39 is 10.0 Å². The number of anilines is 1. The number of likely N-dealkylation sites (tertiary alicyclic amines) is 1. The van der Waals surface area contributed by atoms with Gasteiger partial charge in [0.05, 0.1) is 4.90 Å². The van der Waals surface area contributed by atoms with Gasteiger partial charge in [-0.1, -0.05) is 24.3 Å². The topological polar surface area (TPSA) is 78.8 Å². The summed E-state index contributed by atoms with van der Waals surface area (Å²) in [6, 6.07) is 12.5. The predicted octanol–water partition coefficient (Wildman–Crippen LogP) is 3.38. The summed E-state index contributed by atoms with van der Waals surface area (Å²) in [6.07, 6.45) is 2.08. The van der Waals surface area contributed by atoms with E-state index >= 15 is 0 Å². The Morgan fingerprint density at radius 1 is 1.21 bits per heavy atom. The van der Waals surface area contributed by atoms with Gasteiger partial charge in [-0.05, 0) is 48.6 Å². The molecule has 0 bridgehead atoms. The molecule has 2 unspecified atom stereocenters. The monoisotopic (exact) mass is 415 g/mol. The van der Waals surface area contributed by atoms with Crippen molar-refractivity contribution in [1.82, 2.24) is 4.90 Å². The van der Waals surface area contributed by atoms with Gasteiger partial charge in [0.1, 0.15) is 11.7 Å². The third kappa shape index (κ3) is 4.17. The molecular formula is C21H22FN3O3S. The molecule has 0 aromatic heterocycles. The van der Waals surface area contributed by atoms with Gasteiger partial charge in [0.2, 0.25) is 5.91 Å². The molecule has 1 aliphatic heterocycles. The zero-order valence-electron chi connectivity index (χ0n) is 16.0. The molecule has 1 saturated heterocycles. The number of amidine groups is 1. The van der Waals surface area contributed by atoms with Gasteiger partial charge < -0.3 is 10.2 Å². The van der Waals surface area contributed by atoms with Crippen LogP contribution in [0.5, 0.6) is 0 Å². The van der Waals surface area contributed by atoms with Crippen molar-refractivity contribution in [2.24, 2.45) is 10.3 Å². The van der Waals surface area contributed by atoms with Crippen LogP contribution in [0, 0.1) is 11.7 Å². The van der Waals surface area contributed by atoms with Gasteiger partial charge in [-0.15, -0.1) is 4.40 Å². The lowest BCUT2D eigenvalue weighted by Crippen LogP contribution is -2.20. The van der Waals surface area contributed by atoms with E-state index in [1.807, 2.05) is 11.9 Å². The molecule has 2 aromatic rings. The Morgan fingerprint density at radius 2 is 2.00 bits per heavy atom. The molecule has 2 aliphatic rings. The van der Waals surface area contributed by atoms with Crippen LogP contribution in [-0.2, 0) is 14.8 Å². The Kier molecular flexibility index (Phi) is 5.12. The normalized spacial score (nSPS) is 22.7. The molecule has 1 amide bonds. The van der Waals surface area contributed by atoms with E-state index in [2.05, 4.69) is 9.71 Å². The van der Waals surface area contributed by atoms with Crippen molar-refractivity contribution in [3.05, 3.63) is 59.9 Å². The molecule has 152 valence electrons. The Hall–Kier alpha value is -2.74. The summed E-state index contributed by atoms with van der Waals surface area (Å²) < 4.78 is 43.1. The summed E-state index contributed by atoms with van der Waals surface area (Å²) >= 11 is 0. The minimum Gasteiger partial charge on any atom is -0.362 e. The Balaban J connectivity index is 1.47. The predicted molar refractivity (Wildman–Crippen MR) is 109 cm³/mol. The lowest BCUT2D eigenvalue weighted by atomic mass is 10.1. The first kappa shape index (κ1) is 19.6. The highest BCUT2D eigenvalue weighted by atomic mass is 32.2. The van der Waals surface area contributed by atoms with Gasteiger partial charge in [0.25, 0.3) is 10.0 Å². The highest BCUT2D eigenvalue weighted by Gasteiger charge is 2.45. The van der Waals surface area contributed by atoms with Crippen LogP contribution < -0.4 is 5.32 Å². The van der Waals surface area contributed by atoms with E-state index in [4.69, 9.17) is 0 Å². The second-order valence-corrected chi connectivity index (χ2v) is 9.10. The summed E-state index contributed by atoms with van der Waals surface area (Å²) in [6.45, 7) is 0.787. The number of amides is 1. The van der Waals surface area contributed by atoms with Crippen molar-refractivity contribution in [3.8, 4) is 0 Å². The number of nitrogens with zero attached hydrogens (tertiary/aromatic N) is 2. The van der Waals surface area contributed by atoms with E-state index in [1.54, 1.807) is 30.3 Å². The van der Waals surface area contributed by atoms with Crippen LogP contribution in [0.4, 0.5) is 10.1 Å². The first-order valence-electron chi connectivity index (χ1n) is 9.55. The molecular weight excluding hydrogens is 393 g/mol. The van der Waals surface area contributed by atoms with E-state index in [-0.39, 0.29) is 28.5 Å². The quantitative estimate of drug-likeness (QED) is 0.812. The van der Waals surface area contributed by atoms with Crippen molar-refractivity contribution in [1.29, 1.82) is 0 Å². The van der Waals surface area contributed by atoms with Crippen molar-refractivity contribution >= 4 is 27.5 Å². The summed E-state index contributed by atoms with van der Waals surface area (Å²) in [7, 11) is -2.03. The average Bonchev–Trinajstić information content (AvgIpc) is 3.39. The number of benzene rings is 2. The Bertz CT molecular complexity index is 1080. The van der Waals surface area contributed by atoms with Crippen molar-refractivity contribution < 1.29 is 17.6 Å². The zero-order chi connectivity index (χ0) is 20.6. The van der Waals surface area contributed by atoms with Crippen LogP contribution in [0.1, 0.15) is 30.7 Å². The molecule has 1 N–H and O–H groups in total. The van der Waals surface area contributed by atoms with Crippen molar-refractivity contribution in [3.63, 3.8) is 0 Å². The maximum atomic E-state index is 13.9. The summed E-state index contributed by atoms with van der Waals surface area (Å²) in [4.78, 5) is 14.4. The SMILES string of the molecule is CN1CCC/C1=N\S(=O)(=O)c1cccc(NC(=O)C2CC2c2ccccc2F)c1. The fourth-order valence-corrected chi connectivity index (χ4v) is 4.81. The number of halogens is 1. The molecule has 2 aromatic carbocycles. The van der Waals surface area contributed by atoms with Gasteiger partial charge in [-0.3, -0.25) is 4.79 Å². The summed E-state index contributed by atoms with van der Waals surface area (Å²) in [5, 5.41) is 2.75. The van der Waals surface area contributed by atoms with E-state index in [0.717, 1.165) is 13.0 Å². The molecule has 0 spiro atoms. The van der Waals surface area contributed by atoms with Crippen LogP contribution in [0.25, 0.3) is 0 Å². The third-order valence-electron chi connectivity index (χ3n) is 5.39. The number of carbonyl (C=O) groups excluding carboxylic acids is 1. The van der Waals surface area contributed by atoms with Crippen molar-refractivity contribution in [2.45, 2.75) is 30.1 Å². The van der Waals surface area contributed by atoms with Gasteiger partial charge in [0.15, 0.2) is 0 Å². The smallest absolute Gasteiger partial charge is 0.284 e. The molecule has 8 heteroatoms. The molecule has 4 rings (SSSR count). The maximum Gasteiger partial charge on any atom is 0.284 e. The van der Waals surface area contributed by atoms with E-state index in [9.17, 15) is 17.6 Å². The number of rotatable bonds is 5. The first-order chi connectivity index (χ1) is 13.8. The third-order valence-corrected chi connectivity index (χ3v) is 6.69. The standard InChI is InChI=1S/C21H22FN3O3S/c1-25-11-5-10-20(25)24-29(27,28)15-7-4-6-14(12-15)23-21(26)18-13-17(18)16-8-2-3-9-19(16)22/h2-4,6-9,12,17-18H,5,10-11,13H2,1H3,(H,23,26)/b24-20+. The molecule has 2 atom stereocenters. The van der Waals surface area contributed by atoms with E-state index in [0.29, 0.717) is 29.9 Å². The number of hydrogen-bond donors (Lipinski definition) is 1. The highest BCUT2D eigenvalue weighted by Crippen LogP contribution is 2.48. The van der Waals surface area contributed by atoms with Gasteiger partial charge in [-0.25, -0.2) is 4.39 Å². The van der Waals surface area contributed by atoms with Crippen LogP contribution in [0.2, 0.25) is 0 Å². The van der Waals surface area contributed by atoms with Gasteiger partial charge >= 0.3 is 0 Å². The lowest BCUT2D eigenvalue weighted by molar-refractivity contribution is -0.117. The summed E-state index contributed by atoms with van der Waals surface area (Å²) in [5.74, 6) is -0.469. The molecule has 29 heavy (non-hydrogen) atoms. The Morgan fingerprint density at radius 3 is 2.72 bits per heavy atom. The number of sulfonamides is 1. The van der Waals surface area contributed by atoms with Gasteiger partial charge in [0, 0.05) is 31.6 Å². The molecule has 1 heterocycles. The van der Waals surface area contributed by atoms with Gasteiger partial charge in [-0.2, -0.15) is 8.42 Å². The van der Waals surface area contributed by atoms with Crippen LogP contribution in [0.15, 0.2) is 57.8 Å². The molecule has 1 saturated carbocycles. The number of carbonyl (C=O) groups is 1. The minimum absolute atomic E-state index is 0.0320. The Labute approximate surface area is 169 Å². The van der Waals surface area contributed by atoms with Crippen LogP contribution in [0.3, 0.4) is 0 Å². The minimum atomic E-state index is -3.85. The fourth-order valence-electron chi connectivity index (χ4n) is 3.67. The summed E-state index contributed by atoms with van der Waals surface area (Å²) in [5.41, 5.74) is 0.927. The van der Waals surface area contributed by atoms with Crippen LogP contribution in [-0.4, -0.2) is 38.7 Å². The molecule has 0 radical (unpaired) electrons. The second-order valence-electron chi connectivity index (χ2n) is 7.49. The van der Waals surface area contributed by atoms with Crippen molar-refractivity contribution in [2.75, 3.05) is 18.9 Å². The lowest BCUT2D eigenvalue weighted by Gasteiger charge is -2.11. The van der Waals surface area contributed by atoms with Crippen LogP contribution >= 0.6 is 0 Å². The fraction of sp³-hybridized carbons (Fsp3) is 0.333. The first-order valence-corrected chi connectivity index (χ1v) is 11.0. The average molecular weight is 415 g/mol. The highest BCUT2D eigenvalue weighted by molar-refractivity contribution is 7.90. The molecule has 6 nitrogen and oxygen atoms in total. The largest absolute Gasteiger partial charge is 0.362 e. The zero-order valence-corrected chi connectivity index (χ0v) is 16.8. The van der Waals surface area contributed by atoms with E-state index in [1.165, 1.54) is 18.2 Å². The number of nitrogens with one attached hydrogen (secondary N) is 1. The molecule has 2 fully saturated rings. The maximum absolute atomic E-state index is 13.9. The molecule has 1 aliphatic carbocycles.